The maximum absolute atomic E-state index is 5.79. The summed E-state index contributed by atoms with van der Waals surface area (Å²) < 4.78 is 1.90. The van der Waals surface area contributed by atoms with E-state index in [-0.39, 0.29) is 0 Å². The number of nitrogens with two attached hydrogens (primary N) is 1. The first-order valence-electron chi connectivity index (χ1n) is 6.53. The van der Waals surface area contributed by atoms with Crippen molar-refractivity contribution in [3.63, 3.8) is 0 Å². The van der Waals surface area contributed by atoms with Crippen molar-refractivity contribution in [3.05, 3.63) is 46.3 Å². The van der Waals surface area contributed by atoms with Crippen molar-refractivity contribution in [2.24, 2.45) is 12.8 Å². The molecule has 0 aliphatic rings. The van der Waals surface area contributed by atoms with Gasteiger partial charge in [0.25, 0.3) is 0 Å². The third kappa shape index (κ3) is 2.82. The summed E-state index contributed by atoms with van der Waals surface area (Å²) in [6.45, 7) is 6.83. The van der Waals surface area contributed by atoms with Crippen molar-refractivity contribution in [1.29, 1.82) is 0 Å². The topological polar surface area (TPSA) is 55.9 Å². The van der Waals surface area contributed by atoms with Crippen LogP contribution in [0.5, 0.6) is 0 Å². The molecule has 0 radical (unpaired) electrons. The second-order valence-corrected chi connectivity index (χ2v) is 5.48. The molecule has 1 aromatic carbocycles. The van der Waals surface area contributed by atoms with Crippen LogP contribution < -0.4 is 11.1 Å². The fourth-order valence-corrected chi connectivity index (χ4v) is 2.44. The molecule has 0 saturated heterocycles. The molecule has 3 N–H and O–H groups in total. The first-order chi connectivity index (χ1) is 9.40. The lowest BCUT2D eigenvalue weighted by Gasteiger charge is -2.12. The summed E-state index contributed by atoms with van der Waals surface area (Å²) in [4.78, 5) is 0.413. The Morgan fingerprint density at radius 3 is 2.60 bits per heavy atom. The van der Waals surface area contributed by atoms with E-state index < -0.39 is 0 Å². The first kappa shape index (κ1) is 14.5. The van der Waals surface area contributed by atoms with Crippen LogP contribution in [0.25, 0.3) is 0 Å². The van der Waals surface area contributed by atoms with E-state index in [1.54, 1.807) is 0 Å². The minimum Gasteiger partial charge on any atom is -0.389 e. The van der Waals surface area contributed by atoms with Crippen molar-refractivity contribution in [1.82, 2.24) is 9.78 Å². The summed E-state index contributed by atoms with van der Waals surface area (Å²) in [7, 11) is 1.96. The van der Waals surface area contributed by atoms with Crippen molar-refractivity contribution < 1.29 is 0 Å². The molecule has 0 bridgehead atoms. The molecule has 0 spiro atoms. The van der Waals surface area contributed by atoms with Gasteiger partial charge in [-0.3, -0.25) is 4.68 Å². The van der Waals surface area contributed by atoms with Crippen LogP contribution >= 0.6 is 12.2 Å². The number of aryl methyl sites for hydroxylation is 3. The Bertz CT molecular complexity index is 658. The van der Waals surface area contributed by atoms with Crippen molar-refractivity contribution in [2.75, 3.05) is 5.32 Å². The van der Waals surface area contributed by atoms with E-state index in [4.69, 9.17) is 18.0 Å². The molecule has 0 fully saturated rings. The number of nitrogens with zero attached hydrogens (tertiary/aromatic N) is 2. The number of aromatic nitrogens is 2. The van der Waals surface area contributed by atoms with Crippen LogP contribution in [-0.4, -0.2) is 14.8 Å². The minimum atomic E-state index is 0.413. The van der Waals surface area contributed by atoms with E-state index in [2.05, 4.69) is 17.3 Å². The number of anilines is 1. The summed E-state index contributed by atoms with van der Waals surface area (Å²) >= 11 is 5.12. The lowest BCUT2D eigenvalue weighted by Crippen LogP contribution is -2.14. The molecular weight excluding hydrogens is 268 g/mol. The van der Waals surface area contributed by atoms with Crippen LogP contribution in [0.1, 0.15) is 28.1 Å². The Hall–Kier alpha value is -1.88. The van der Waals surface area contributed by atoms with Gasteiger partial charge in [-0.05, 0) is 32.9 Å². The average molecular weight is 288 g/mol. The molecule has 0 unspecified atom stereocenters. The first-order valence-corrected chi connectivity index (χ1v) is 6.94. The van der Waals surface area contributed by atoms with Gasteiger partial charge in [0, 0.05) is 36.1 Å². The lowest BCUT2D eigenvalue weighted by molar-refractivity contribution is 0.730. The fraction of sp³-hybridized carbons (Fsp3) is 0.333. The number of thiocarbonyl (C=S) groups is 1. The number of nitrogens with one attached hydrogen (secondary N) is 1. The van der Waals surface area contributed by atoms with Crippen LogP contribution in [0.2, 0.25) is 0 Å². The number of hydrogen-bond acceptors (Lipinski definition) is 3. The number of rotatable bonds is 4. The zero-order valence-electron chi connectivity index (χ0n) is 12.3. The third-order valence-electron chi connectivity index (χ3n) is 3.56. The second-order valence-electron chi connectivity index (χ2n) is 5.04. The van der Waals surface area contributed by atoms with Crippen LogP contribution in [0.3, 0.4) is 0 Å². The molecule has 0 atom stereocenters. The van der Waals surface area contributed by atoms with Crippen molar-refractivity contribution >= 4 is 22.9 Å². The molecule has 4 nitrogen and oxygen atoms in total. The quantitative estimate of drug-likeness (QED) is 0.849. The predicted molar refractivity (Wildman–Crippen MR) is 87.1 cm³/mol. The van der Waals surface area contributed by atoms with Gasteiger partial charge >= 0.3 is 0 Å². The maximum atomic E-state index is 5.79. The van der Waals surface area contributed by atoms with E-state index in [0.717, 1.165) is 22.5 Å². The highest BCUT2D eigenvalue weighted by molar-refractivity contribution is 7.80. The van der Waals surface area contributed by atoms with Crippen LogP contribution in [-0.2, 0) is 13.6 Å². The summed E-state index contributed by atoms with van der Waals surface area (Å²) in [5.74, 6) is 0. The molecule has 0 aliphatic heterocycles. The molecule has 2 rings (SSSR count). The standard InChI is InChI=1S/C15H20N4S/c1-9-5-6-14(12(7-9)15(16)20)17-8-13-10(2)18-19(4)11(13)3/h5-7,17H,8H2,1-4H3,(H2,16,20). The Morgan fingerprint density at radius 2 is 2.05 bits per heavy atom. The molecule has 1 aromatic heterocycles. The Morgan fingerprint density at radius 1 is 1.35 bits per heavy atom. The molecule has 0 aliphatic carbocycles. The van der Waals surface area contributed by atoms with Gasteiger partial charge < -0.3 is 11.1 Å². The predicted octanol–water partition coefficient (Wildman–Crippen LogP) is 2.59. The van der Waals surface area contributed by atoms with Gasteiger partial charge in [0.1, 0.15) is 4.99 Å². The summed E-state index contributed by atoms with van der Waals surface area (Å²) in [6.07, 6.45) is 0. The zero-order valence-corrected chi connectivity index (χ0v) is 13.1. The van der Waals surface area contributed by atoms with E-state index in [0.29, 0.717) is 11.5 Å². The monoisotopic (exact) mass is 288 g/mol. The van der Waals surface area contributed by atoms with Crippen molar-refractivity contribution in [2.45, 2.75) is 27.3 Å². The largest absolute Gasteiger partial charge is 0.389 e. The molecule has 0 saturated carbocycles. The Balaban J connectivity index is 2.25. The van der Waals surface area contributed by atoms with E-state index in [9.17, 15) is 0 Å². The van der Waals surface area contributed by atoms with Crippen LogP contribution in [0.15, 0.2) is 18.2 Å². The van der Waals surface area contributed by atoms with Gasteiger partial charge in [0.05, 0.1) is 5.69 Å². The normalized spacial score (nSPS) is 10.6. The van der Waals surface area contributed by atoms with Gasteiger partial charge in [0.2, 0.25) is 0 Å². The summed E-state index contributed by atoms with van der Waals surface area (Å²) in [5.41, 5.74) is 12.2. The van der Waals surface area contributed by atoms with Gasteiger partial charge in [-0.1, -0.05) is 23.8 Å². The highest BCUT2D eigenvalue weighted by Crippen LogP contribution is 2.20. The average Bonchev–Trinajstić information content (AvgIpc) is 2.62. The molecule has 20 heavy (non-hydrogen) atoms. The maximum Gasteiger partial charge on any atom is 0.106 e. The SMILES string of the molecule is Cc1ccc(NCc2c(C)nn(C)c2C)c(C(N)=S)c1. The van der Waals surface area contributed by atoms with Crippen LogP contribution in [0.4, 0.5) is 5.69 Å². The second kappa shape index (κ2) is 5.63. The highest BCUT2D eigenvalue weighted by atomic mass is 32.1. The van der Waals surface area contributed by atoms with Gasteiger partial charge in [-0.15, -0.1) is 0 Å². The van der Waals surface area contributed by atoms with Gasteiger partial charge in [-0.2, -0.15) is 5.10 Å². The smallest absolute Gasteiger partial charge is 0.106 e. The fourth-order valence-electron chi connectivity index (χ4n) is 2.27. The third-order valence-corrected chi connectivity index (χ3v) is 3.77. The van der Waals surface area contributed by atoms with Crippen molar-refractivity contribution in [3.8, 4) is 0 Å². The van der Waals surface area contributed by atoms with E-state index in [1.807, 2.05) is 43.8 Å². The molecule has 106 valence electrons. The van der Waals surface area contributed by atoms with E-state index in [1.165, 1.54) is 11.3 Å². The molecule has 1 heterocycles. The number of benzene rings is 1. The Labute approximate surface area is 125 Å². The molecule has 0 amide bonds. The van der Waals surface area contributed by atoms with Gasteiger partial charge in [0.15, 0.2) is 0 Å². The van der Waals surface area contributed by atoms with Crippen LogP contribution in [0, 0.1) is 20.8 Å². The zero-order chi connectivity index (χ0) is 14.9. The molecule has 5 heteroatoms. The number of hydrogen-bond donors (Lipinski definition) is 2. The Kier molecular flexibility index (Phi) is 4.09. The minimum absolute atomic E-state index is 0.413. The summed E-state index contributed by atoms with van der Waals surface area (Å²) in [5, 5.41) is 7.83. The summed E-state index contributed by atoms with van der Waals surface area (Å²) in [6, 6.07) is 6.07. The highest BCUT2D eigenvalue weighted by Gasteiger charge is 2.10. The van der Waals surface area contributed by atoms with Gasteiger partial charge in [-0.25, -0.2) is 0 Å². The molecular formula is C15H20N4S. The molecule has 2 aromatic rings. The van der Waals surface area contributed by atoms with E-state index >= 15 is 0 Å². The lowest BCUT2D eigenvalue weighted by atomic mass is 10.1.